The lowest BCUT2D eigenvalue weighted by atomic mass is 10.1. The molecule has 0 aliphatic heterocycles. The van der Waals surface area contributed by atoms with Crippen molar-refractivity contribution in [3.05, 3.63) is 24.2 Å². The molecular weight excluding hydrogens is 160 g/mol. The standard InChI is InChI=1S/C8H12O4/c9-5-6(10)4-7(11)8-2-1-3-12-8/h1-3,6-7,9-11H,4-5H2. The first-order valence-electron chi connectivity index (χ1n) is 3.74. The number of hydrogen-bond donors (Lipinski definition) is 3. The SMILES string of the molecule is OCC(O)CC(O)c1ccco1. The Morgan fingerprint density at radius 2 is 2.17 bits per heavy atom. The van der Waals surface area contributed by atoms with Crippen LogP contribution in [-0.2, 0) is 0 Å². The summed E-state index contributed by atoms with van der Waals surface area (Å²) in [4.78, 5) is 0. The maximum Gasteiger partial charge on any atom is 0.132 e. The summed E-state index contributed by atoms with van der Waals surface area (Å²) in [6.07, 6.45) is -0.208. The van der Waals surface area contributed by atoms with Gasteiger partial charge >= 0.3 is 0 Å². The van der Waals surface area contributed by atoms with Crippen molar-refractivity contribution in [3.63, 3.8) is 0 Å². The summed E-state index contributed by atoms with van der Waals surface area (Å²) in [6, 6.07) is 3.28. The predicted molar refractivity (Wildman–Crippen MR) is 41.4 cm³/mol. The number of hydrogen-bond acceptors (Lipinski definition) is 4. The summed E-state index contributed by atoms with van der Waals surface area (Å²) in [7, 11) is 0. The van der Waals surface area contributed by atoms with Gasteiger partial charge in [-0.3, -0.25) is 0 Å². The molecule has 0 aliphatic carbocycles. The highest BCUT2D eigenvalue weighted by atomic mass is 16.4. The van der Waals surface area contributed by atoms with E-state index < -0.39 is 12.2 Å². The van der Waals surface area contributed by atoms with Crippen molar-refractivity contribution < 1.29 is 19.7 Å². The van der Waals surface area contributed by atoms with E-state index in [0.29, 0.717) is 5.76 Å². The molecule has 2 atom stereocenters. The van der Waals surface area contributed by atoms with Crippen LogP contribution in [0.5, 0.6) is 0 Å². The smallest absolute Gasteiger partial charge is 0.132 e. The Labute approximate surface area is 70.1 Å². The second-order valence-electron chi connectivity index (χ2n) is 2.60. The van der Waals surface area contributed by atoms with E-state index in [0.717, 1.165) is 0 Å². The van der Waals surface area contributed by atoms with Crippen LogP contribution in [0, 0.1) is 0 Å². The number of furan rings is 1. The van der Waals surface area contributed by atoms with Crippen LogP contribution >= 0.6 is 0 Å². The van der Waals surface area contributed by atoms with Gasteiger partial charge in [-0.2, -0.15) is 0 Å². The zero-order chi connectivity index (χ0) is 8.97. The predicted octanol–water partition coefficient (Wildman–Crippen LogP) is 0.0563. The Balaban J connectivity index is 2.44. The molecule has 1 aromatic rings. The van der Waals surface area contributed by atoms with E-state index in [1.54, 1.807) is 12.1 Å². The quantitative estimate of drug-likeness (QED) is 0.600. The molecule has 0 radical (unpaired) electrons. The highest BCUT2D eigenvalue weighted by molar-refractivity contribution is 5.01. The first kappa shape index (κ1) is 9.25. The van der Waals surface area contributed by atoms with Gasteiger partial charge in [-0.05, 0) is 12.1 Å². The van der Waals surface area contributed by atoms with Crippen molar-refractivity contribution in [1.82, 2.24) is 0 Å². The van der Waals surface area contributed by atoms with Crippen LogP contribution in [0.4, 0.5) is 0 Å². The van der Waals surface area contributed by atoms with Crippen molar-refractivity contribution in [2.24, 2.45) is 0 Å². The van der Waals surface area contributed by atoms with Gasteiger partial charge < -0.3 is 19.7 Å². The minimum absolute atomic E-state index is 0.0873. The fraction of sp³-hybridized carbons (Fsp3) is 0.500. The largest absolute Gasteiger partial charge is 0.467 e. The first-order chi connectivity index (χ1) is 5.74. The molecule has 0 bridgehead atoms. The number of aliphatic hydroxyl groups is 3. The van der Waals surface area contributed by atoms with Crippen LogP contribution < -0.4 is 0 Å². The average molecular weight is 172 g/mol. The maximum atomic E-state index is 9.35. The number of aliphatic hydroxyl groups excluding tert-OH is 3. The van der Waals surface area contributed by atoms with E-state index >= 15 is 0 Å². The van der Waals surface area contributed by atoms with Crippen molar-refractivity contribution in [1.29, 1.82) is 0 Å². The second kappa shape index (κ2) is 4.25. The molecule has 2 unspecified atom stereocenters. The van der Waals surface area contributed by atoms with Crippen molar-refractivity contribution in [2.75, 3.05) is 6.61 Å². The molecule has 1 heterocycles. The third-order valence-corrected chi connectivity index (χ3v) is 1.58. The minimum atomic E-state index is -0.898. The van der Waals surface area contributed by atoms with Gasteiger partial charge in [-0.1, -0.05) is 0 Å². The van der Waals surface area contributed by atoms with Gasteiger partial charge in [0.15, 0.2) is 0 Å². The normalized spacial score (nSPS) is 15.9. The topological polar surface area (TPSA) is 73.8 Å². The molecule has 0 saturated heterocycles. The Hall–Kier alpha value is -0.840. The van der Waals surface area contributed by atoms with Crippen LogP contribution in [0.3, 0.4) is 0 Å². The van der Waals surface area contributed by atoms with Crippen LogP contribution in [0.15, 0.2) is 22.8 Å². The van der Waals surface area contributed by atoms with Gasteiger partial charge in [0.2, 0.25) is 0 Å². The van der Waals surface area contributed by atoms with Crippen LogP contribution in [0.25, 0.3) is 0 Å². The molecule has 0 fully saturated rings. The molecule has 0 aliphatic rings. The summed E-state index contributed by atoms with van der Waals surface area (Å²) in [5.41, 5.74) is 0. The zero-order valence-electron chi connectivity index (χ0n) is 6.55. The summed E-state index contributed by atoms with van der Waals surface area (Å²) in [6.45, 7) is -0.349. The van der Waals surface area contributed by atoms with Crippen LogP contribution in [0.1, 0.15) is 18.3 Å². The highest BCUT2D eigenvalue weighted by Gasteiger charge is 2.14. The summed E-state index contributed by atoms with van der Waals surface area (Å²) >= 11 is 0. The van der Waals surface area contributed by atoms with Crippen molar-refractivity contribution in [3.8, 4) is 0 Å². The monoisotopic (exact) mass is 172 g/mol. The molecular formula is C8H12O4. The maximum absolute atomic E-state index is 9.35. The van der Waals surface area contributed by atoms with Gasteiger partial charge in [0.05, 0.1) is 19.0 Å². The molecule has 4 nitrogen and oxygen atoms in total. The third-order valence-electron chi connectivity index (χ3n) is 1.58. The molecule has 4 heteroatoms. The van der Waals surface area contributed by atoms with Crippen LogP contribution in [0.2, 0.25) is 0 Å². The summed E-state index contributed by atoms with van der Waals surface area (Å²) in [5.74, 6) is 0.405. The van der Waals surface area contributed by atoms with E-state index in [4.69, 9.17) is 14.6 Å². The number of rotatable bonds is 4. The minimum Gasteiger partial charge on any atom is -0.467 e. The van der Waals surface area contributed by atoms with Gasteiger partial charge in [0.25, 0.3) is 0 Å². The van der Waals surface area contributed by atoms with E-state index in [1.807, 2.05) is 0 Å². The summed E-state index contributed by atoms with van der Waals surface area (Å²) < 4.78 is 4.90. The van der Waals surface area contributed by atoms with Gasteiger partial charge in [-0.15, -0.1) is 0 Å². The molecule has 3 N–H and O–H groups in total. The molecule has 1 rings (SSSR count). The zero-order valence-corrected chi connectivity index (χ0v) is 6.55. The Morgan fingerprint density at radius 3 is 2.67 bits per heavy atom. The van der Waals surface area contributed by atoms with Crippen LogP contribution in [-0.4, -0.2) is 28.0 Å². The van der Waals surface area contributed by atoms with Gasteiger partial charge in [-0.25, -0.2) is 0 Å². The fourth-order valence-electron chi connectivity index (χ4n) is 0.929. The van der Waals surface area contributed by atoms with Crippen molar-refractivity contribution >= 4 is 0 Å². The third kappa shape index (κ3) is 2.34. The Bertz CT molecular complexity index is 207. The lowest BCUT2D eigenvalue weighted by Crippen LogP contribution is -2.15. The molecule has 0 spiro atoms. The fourth-order valence-corrected chi connectivity index (χ4v) is 0.929. The lowest BCUT2D eigenvalue weighted by molar-refractivity contribution is 0.0335. The molecule has 68 valence electrons. The second-order valence-corrected chi connectivity index (χ2v) is 2.60. The van der Waals surface area contributed by atoms with E-state index in [9.17, 15) is 5.11 Å². The molecule has 0 aromatic carbocycles. The summed E-state index contributed by atoms with van der Waals surface area (Å²) in [5, 5.41) is 26.8. The first-order valence-corrected chi connectivity index (χ1v) is 3.74. The highest BCUT2D eigenvalue weighted by Crippen LogP contribution is 2.18. The lowest BCUT2D eigenvalue weighted by Gasteiger charge is -2.10. The average Bonchev–Trinajstić information content (AvgIpc) is 2.56. The van der Waals surface area contributed by atoms with Gasteiger partial charge in [0, 0.05) is 6.42 Å². The van der Waals surface area contributed by atoms with E-state index in [1.165, 1.54) is 6.26 Å². The molecule has 1 aromatic heterocycles. The van der Waals surface area contributed by atoms with E-state index in [-0.39, 0.29) is 13.0 Å². The van der Waals surface area contributed by atoms with E-state index in [2.05, 4.69) is 0 Å². The molecule has 12 heavy (non-hydrogen) atoms. The van der Waals surface area contributed by atoms with Crippen molar-refractivity contribution in [2.45, 2.75) is 18.6 Å². The van der Waals surface area contributed by atoms with Gasteiger partial charge in [0.1, 0.15) is 11.9 Å². The molecule has 0 amide bonds. The Morgan fingerprint density at radius 1 is 1.42 bits per heavy atom. The molecule has 0 saturated carbocycles. The Kier molecular flexibility index (Phi) is 3.28.